The predicted molar refractivity (Wildman–Crippen MR) is 66.4 cm³/mol. The van der Waals surface area contributed by atoms with Gasteiger partial charge in [-0.25, -0.2) is 8.78 Å². The molecule has 1 aromatic rings. The van der Waals surface area contributed by atoms with Crippen LogP contribution in [0.2, 0.25) is 0 Å². The fourth-order valence-electron chi connectivity index (χ4n) is 2.55. The van der Waals surface area contributed by atoms with Gasteiger partial charge in [0, 0.05) is 5.56 Å². The average Bonchev–Trinajstić information content (AvgIpc) is 2.31. The molecule has 0 fully saturated rings. The van der Waals surface area contributed by atoms with Crippen molar-refractivity contribution >= 4 is 11.6 Å². The summed E-state index contributed by atoms with van der Waals surface area (Å²) in [5.41, 5.74) is 1.22. The molecule has 1 aliphatic carbocycles. The summed E-state index contributed by atoms with van der Waals surface area (Å²) in [4.78, 5) is 0. The predicted octanol–water partition coefficient (Wildman–Crippen LogP) is 4.92. The minimum atomic E-state index is -0.433. The number of alkyl halides is 1. The van der Waals surface area contributed by atoms with Gasteiger partial charge in [-0.2, -0.15) is 0 Å². The monoisotopic (exact) mass is 258 g/mol. The van der Waals surface area contributed by atoms with E-state index in [1.54, 1.807) is 6.92 Å². The molecule has 0 saturated carbocycles. The molecule has 1 aromatic carbocycles. The Morgan fingerprint density at radius 1 is 1.35 bits per heavy atom. The quantitative estimate of drug-likeness (QED) is 0.458. The maximum Gasteiger partial charge on any atom is 0.131 e. The van der Waals surface area contributed by atoms with E-state index in [9.17, 15) is 8.78 Å². The van der Waals surface area contributed by atoms with Crippen LogP contribution >= 0.6 is 11.6 Å². The number of fused-ring (bicyclic) bond motifs is 1. The van der Waals surface area contributed by atoms with Crippen LogP contribution in [0.25, 0.3) is 0 Å². The van der Waals surface area contributed by atoms with Gasteiger partial charge < -0.3 is 0 Å². The van der Waals surface area contributed by atoms with Crippen molar-refractivity contribution in [2.45, 2.75) is 45.4 Å². The minimum absolute atomic E-state index is 0.0260. The van der Waals surface area contributed by atoms with Gasteiger partial charge in [-0.05, 0) is 48.8 Å². The van der Waals surface area contributed by atoms with Gasteiger partial charge >= 0.3 is 0 Å². The molecule has 0 aliphatic heterocycles. The Morgan fingerprint density at radius 2 is 2.00 bits per heavy atom. The van der Waals surface area contributed by atoms with E-state index in [2.05, 4.69) is 13.8 Å². The second-order valence-corrected chi connectivity index (χ2v) is 6.24. The zero-order valence-electron chi connectivity index (χ0n) is 10.4. The van der Waals surface area contributed by atoms with Crippen molar-refractivity contribution in [3.8, 4) is 0 Å². The smallest absolute Gasteiger partial charge is 0.131 e. The number of rotatable bonds is 0. The van der Waals surface area contributed by atoms with E-state index >= 15 is 0 Å². The van der Waals surface area contributed by atoms with Crippen LogP contribution < -0.4 is 0 Å². The molecule has 0 aromatic heterocycles. The van der Waals surface area contributed by atoms with Crippen molar-refractivity contribution in [3.63, 3.8) is 0 Å². The first-order chi connectivity index (χ1) is 7.82. The van der Waals surface area contributed by atoms with Gasteiger partial charge in [-0.1, -0.05) is 13.8 Å². The third-order valence-electron chi connectivity index (χ3n) is 3.64. The molecule has 1 aliphatic rings. The normalized spacial score (nSPS) is 23.1. The Hall–Kier alpha value is -0.630. The van der Waals surface area contributed by atoms with E-state index in [1.165, 1.54) is 6.07 Å². The van der Waals surface area contributed by atoms with Crippen LogP contribution in [0.3, 0.4) is 0 Å². The fourth-order valence-corrected chi connectivity index (χ4v) is 3.19. The standard InChI is InChI=1S/C14H17ClF2/c1-8-6-11(16)9-4-5-14(2,3)7-10(15)12(9)13(8)17/h6,10H,4-5,7H2,1-3H3. The Balaban J connectivity index is 2.59. The lowest BCUT2D eigenvalue weighted by Crippen LogP contribution is -2.12. The summed E-state index contributed by atoms with van der Waals surface area (Å²) >= 11 is 6.28. The number of benzene rings is 1. The maximum absolute atomic E-state index is 14.1. The fraction of sp³-hybridized carbons (Fsp3) is 0.571. The van der Waals surface area contributed by atoms with Gasteiger partial charge in [0.1, 0.15) is 11.6 Å². The maximum atomic E-state index is 14.1. The van der Waals surface area contributed by atoms with Crippen LogP contribution in [-0.4, -0.2) is 0 Å². The highest BCUT2D eigenvalue weighted by molar-refractivity contribution is 6.21. The topological polar surface area (TPSA) is 0 Å². The lowest BCUT2D eigenvalue weighted by Gasteiger charge is -2.23. The summed E-state index contributed by atoms with van der Waals surface area (Å²) in [6, 6.07) is 1.27. The van der Waals surface area contributed by atoms with Crippen LogP contribution in [-0.2, 0) is 6.42 Å². The molecule has 1 unspecified atom stereocenters. The van der Waals surface area contributed by atoms with E-state index in [4.69, 9.17) is 11.6 Å². The molecular weight excluding hydrogens is 242 g/mol. The molecule has 94 valence electrons. The zero-order chi connectivity index (χ0) is 12.8. The molecule has 0 N–H and O–H groups in total. The summed E-state index contributed by atoms with van der Waals surface area (Å²) in [5.74, 6) is -0.652. The van der Waals surface area contributed by atoms with Gasteiger partial charge in [-0.15, -0.1) is 11.6 Å². The summed E-state index contributed by atoms with van der Waals surface area (Å²) in [5, 5.41) is -0.433. The first-order valence-corrected chi connectivity index (χ1v) is 6.37. The van der Waals surface area contributed by atoms with Crippen LogP contribution in [0.1, 0.15) is 48.8 Å². The first-order valence-electron chi connectivity index (χ1n) is 5.93. The number of halogens is 3. The van der Waals surface area contributed by atoms with Crippen molar-refractivity contribution in [2.24, 2.45) is 5.41 Å². The average molecular weight is 259 g/mol. The highest BCUT2D eigenvalue weighted by atomic mass is 35.5. The van der Waals surface area contributed by atoms with Crippen molar-refractivity contribution in [2.75, 3.05) is 0 Å². The summed E-state index contributed by atoms with van der Waals surface area (Å²) < 4.78 is 28.0. The largest absolute Gasteiger partial charge is 0.207 e. The third kappa shape index (κ3) is 2.33. The summed E-state index contributed by atoms with van der Waals surface area (Å²) in [6.07, 6.45) is 2.08. The molecule has 0 saturated heterocycles. The molecule has 0 spiro atoms. The highest BCUT2D eigenvalue weighted by Crippen LogP contribution is 2.44. The van der Waals surface area contributed by atoms with E-state index in [0.717, 1.165) is 6.42 Å². The molecule has 0 nitrogen and oxygen atoms in total. The number of aryl methyl sites for hydroxylation is 1. The minimum Gasteiger partial charge on any atom is -0.207 e. The van der Waals surface area contributed by atoms with E-state index in [1.807, 2.05) is 0 Å². The summed E-state index contributed by atoms with van der Waals surface area (Å²) in [7, 11) is 0. The van der Waals surface area contributed by atoms with E-state index in [0.29, 0.717) is 29.5 Å². The first kappa shape index (κ1) is 12.8. The molecule has 0 bridgehead atoms. The zero-order valence-corrected chi connectivity index (χ0v) is 11.2. The molecule has 0 amide bonds. The Labute approximate surface area is 106 Å². The lowest BCUT2D eigenvalue weighted by molar-refractivity contribution is 0.312. The van der Waals surface area contributed by atoms with Crippen LogP contribution in [0.5, 0.6) is 0 Å². The Bertz CT molecular complexity index is 452. The van der Waals surface area contributed by atoms with Crippen molar-refractivity contribution in [1.29, 1.82) is 0 Å². The number of hydrogen-bond donors (Lipinski definition) is 0. The van der Waals surface area contributed by atoms with Gasteiger partial charge in [0.05, 0.1) is 5.38 Å². The molecule has 2 rings (SSSR count). The van der Waals surface area contributed by atoms with Crippen LogP contribution in [0.15, 0.2) is 6.07 Å². The molecule has 0 heterocycles. The van der Waals surface area contributed by atoms with Crippen molar-refractivity contribution in [1.82, 2.24) is 0 Å². The van der Waals surface area contributed by atoms with Gasteiger partial charge in [0.15, 0.2) is 0 Å². The second kappa shape index (κ2) is 4.24. The van der Waals surface area contributed by atoms with Crippen LogP contribution in [0.4, 0.5) is 8.78 Å². The molecule has 3 heteroatoms. The third-order valence-corrected chi connectivity index (χ3v) is 4.01. The molecule has 0 radical (unpaired) electrons. The number of hydrogen-bond acceptors (Lipinski definition) is 0. The lowest BCUT2D eigenvalue weighted by atomic mass is 9.84. The summed E-state index contributed by atoms with van der Waals surface area (Å²) in [6.45, 7) is 5.77. The van der Waals surface area contributed by atoms with Crippen LogP contribution in [0, 0.1) is 24.0 Å². The van der Waals surface area contributed by atoms with Crippen molar-refractivity contribution < 1.29 is 8.78 Å². The molecule has 17 heavy (non-hydrogen) atoms. The van der Waals surface area contributed by atoms with Gasteiger partial charge in [0.2, 0.25) is 0 Å². The van der Waals surface area contributed by atoms with Gasteiger partial charge in [0.25, 0.3) is 0 Å². The SMILES string of the molecule is Cc1cc(F)c2c(c1F)C(Cl)CC(C)(C)CC2. The highest BCUT2D eigenvalue weighted by Gasteiger charge is 2.32. The Morgan fingerprint density at radius 3 is 2.65 bits per heavy atom. The van der Waals surface area contributed by atoms with E-state index < -0.39 is 5.38 Å². The molecular formula is C14H17ClF2. The van der Waals surface area contributed by atoms with E-state index in [-0.39, 0.29) is 17.0 Å². The molecule has 1 atom stereocenters. The Kier molecular flexibility index (Phi) is 3.19. The van der Waals surface area contributed by atoms with Gasteiger partial charge in [-0.3, -0.25) is 0 Å². The second-order valence-electron chi connectivity index (χ2n) is 5.72. The van der Waals surface area contributed by atoms with Crippen molar-refractivity contribution in [3.05, 3.63) is 34.4 Å².